The lowest BCUT2D eigenvalue weighted by molar-refractivity contribution is 0.332. The van der Waals surface area contributed by atoms with Crippen LogP contribution in [0.2, 0.25) is 0 Å². The highest BCUT2D eigenvalue weighted by Crippen LogP contribution is 2.24. The average Bonchev–Trinajstić information content (AvgIpc) is 2.93. The van der Waals surface area contributed by atoms with Crippen LogP contribution in [-0.4, -0.2) is 22.7 Å². The Kier molecular flexibility index (Phi) is 4.98. The van der Waals surface area contributed by atoms with E-state index in [0.717, 1.165) is 18.8 Å². The molecule has 0 aliphatic carbocycles. The van der Waals surface area contributed by atoms with E-state index in [1.165, 1.54) is 5.56 Å². The number of hydrogen-bond donors (Lipinski definition) is 1. The summed E-state index contributed by atoms with van der Waals surface area (Å²) in [5, 5.41) is 3.51. The molecule has 0 saturated heterocycles. The quantitative estimate of drug-likeness (QED) is 0.831. The summed E-state index contributed by atoms with van der Waals surface area (Å²) in [7, 11) is 0. The summed E-state index contributed by atoms with van der Waals surface area (Å²) in [6.07, 6.45) is 5.61. The van der Waals surface area contributed by atoms with E-state index in [0.29, 0.717) is 6.61 Å². The molecular weight excluding hydrogens is 238 g/mol. The molecule has 4 heteroatoms. The topological polar surface area (TPSA) is 39.1 Å². The van der Waals surface area contributed by atoms with Gasteiger partial charge in [0.05, 0.1) is 12.9 Å². The van der Waals surface area contributed by atoms with E-state index in [1.54, 1.807) is 6.20 Å². The number of nitrogens with zero attached hydrogens (tertiary/aromatic N) is 2. The molecule has 1 N–H and O–H groups in total. The van der Waals surface area contributed by atoms with Gasteiger partial charge in [-0.05, 0) is 19.9 Å². The molecule has 0 aliphatic rings. The maximum Gasteiger partial charge on any atom is 0.124 e. The van der Waals surface area contributed by atoms with Gasteiger partial charge in [0, 0.05) is 37.1 Å². The molecule has 1 unspecified atom stereocenters. The molecule has 0 aliphatic heterocycles. The van der Waals surface area contributed by atoms with E-state index in [2.05, 4.69) is 27.9 Å². The first-order chi connectivity index (χ1) is 9.31. The van der Waals surface area contributed by atoms with Gasteiger partial charge in [-0.2, -0.15) is 0 Å². The van der Waals surface area contributed by atoms with Crippen molar-refractivity contribution >= 4 is 0 Å². The van der Waals surface area contributed by atoms with Crippen LogP contribution < -0.4 is 10.1 Å². The van der Waals surface area contributed by atoms with Crippen molar-refractivity contribution < 1.29 is 4.74 Å². The van der Waals surface area contributed by atoms with Crippen LogP contribution in [0.5, 0.6) is 5.75 Å². The Morgan fingerprint density at radius 2 is 2.21 bits per heavy atom. The van der Waals surface area contributed by atoms with Gasteiger partial charge in [-0.25, -0.2) is 4.98 Å². The number of para-hydroxylation sites is 1. The average molecular weight is 259 g/mol. The zero-order valence-electron chi connectivity index (χ0n) is 11.5. The van der Waals surface area contributed by atoms with Crippen LogP contribution >= 0.6 is 0 Å². The van der Waals surface area contributed by atoms with Crippen molar-refractivity contribution in [1.82, 2.24) is 14.9 Å². The predicted molar refractivity (Wildman–Crippen MR) is 76.3 cm³/mol. The molecule has 1 atom stereocenters. The van der Waals surface area contributed by atoms with Gasteiger partial charge in [-0.15, -0.1) is 0 Å². The molecule has 2 rings (SSSR count). The van der Waals surface area contributed by atoms with E-state index < -0.39 is 0 Å². The SMILES string of the molecule is CCOc1ccccc1C(C)NCCn1ccnc1. The summed E-state index contributed by atoms with van der Waals surface area (Å²) in [5.74, 6) is 0.965. The summed E-state index contributed by atoms with van der Waals surface area (Å²) in [4.78, 5) is 4.03. The van der Waals surface area contributed by atoms with Crippen LogP contribution in [0, 0.1) is 0 Å². The number of nitrogens with one attached hydrogen (secondary N) is 1. The summed E-state index contributed by atoms with van der Waals surface area (Å²) < 4.78 is 7.72. The molecule has 4 nitrogen and oxygen atoms in total. The van der Waals surface area contributed by atoms with Crippen LogP contribution in [0.1, 0.15) is 25.5 Å². The van der Waals surface area contributed by atoms with Crippen molar-refractivity contribution in [3.8, 4) is 5.75 Å². The molecule has 1 aromatic heterocycles. The largest absolute Gasteiger partial charge is 0.494 e. The molecule has 19 heavy (non-hydrogen) atoms. The van der Waals surface area contributed by atoms with Gasteiger partial charge >= 0.3 is 0 Å². The van der Waals surface area contributed by atoms with Crippen LogP contribution in [-0.2, 0) is 6.54 Å². The van der Waals surface area contributed by atoms with Gasteiger partial charge in [-0.3, -0.25) is 0 Å². The molecular formula is C15H21N3O. The fraction of sp³-hybridized carbons (Fsp3) is 0.400. The second-order valence-electron chi connectivity index (χ2n) is 4.45. The third-order valence-electron chi connectivity index (χ3n) is 3.07. The number of ether oxygens (including phenoxy) is 1. The monoisotopic (exact) mass is 259 g/mol. The molecule has 0 fully saturated rings. The lowest BCUT2D eigenvalue weighted by Gasteiger charge is -2.18. The zero-order valence-corrected chi connectivity index (χ0v) is 11.5. The second-order valence-corrected chi connectivity index (χ2v) is 4.45. The van der Waals surface area contributed by atoms with E-state index in [-0.39, 0.29) is 6.04 Å². The Morgan fingerprint density at radius 1 is 1.37 bits per heavy atom. The van der Waals surface area contributed by atoms with Gasteiger partial charge < -0.3 is 14.6 Å². The number of aromatic nitrogens is 2. The first kappa shape index (κ1) is 13.6. The normalized spacial score (nSPS) is 12.3. The Morgan fingerprint density at radius 3 is 2.95 bits per heavy atom. The third kappa shape index (κ3) is 3.83. The Hall–Kier alpha value is -1.81. The molecule has 2 aromatic rings. The Labute approximate surface area is 114 Å². The van der Waals surface area contributed by atoms with Gasteiger partial charge in [0.1, 0.15) is 5.75 Å². The highest BCUT2D eigenvalue weighted by atomic mass is 16.5. The number of rotatable bonds is 7. The van der Waals surface area contributed by atoms with Gasteiger partial charge in [0.15, 0.2) is 0 Å². The summed E-state index contributed by atoms with van der Waals surface area (Å²) in [6, 6.07) is 8.46. The fourth-order valence-corrected chi connectivity index (χ4v) is 2.06. The first-order valence-electron chi connectivity index (χ1n) is 6.72. The number of hydrogen-bond acceptors (Lipinski definition) is 3. The summed E-state index contributed by atoms with van der Waals surface area (Å²) in [6.45, 7) is 6.68. The van der Waals surface area contributed by atoms with E-state index in [4.69, 9.17) is 4.74 Å². The minimum Gasteiger partial charge on any atom is -0.494 e. The lowest BCUT2D eigenvalue weighted by atomic mass is 10.1. The number of imidazole rings is 1. The van der Waals surface area contributed by atoms with Crippen LogP contribution in [0.25, 0.3) is 0 Å². The van der Waals surface area contributed by atoms with Crippen molar-refractivity contribution in [3.63, 3.8) is 0 Å². The number of benzene rings is 1. The van der Waals surface area contributed by atoms with E-state index >= 15 is 0 Å². The fourth-order valence-electron chi connectivity index (χ4n) is 2.06. The minimum atomic E-state index is 0.270. The lowest BCUT2D eigenvalue weighted by Crippen LogP contribution is -2.23. The smallest absolute Gasteiger partial charge is 0.124 e. The van der Waals surface area contributed by atoms with Crippen molar-refractivity contribution in [2.24, 2.45) is 0 Å². The summed E-state index contributed by atoms with van der Waals surface area (Å²) >= 11 is 0. The minimum absolute atomic E-state index is 0.270. The van der Waals surface area contributed by atoms with Crippen LogP contribution in [0.4, 0.5) is 0 Å². The van der Waals surface area contributed by atoms with Crippen molar-refractivity contribution in [1.29, 1.82) is 0 Å². The first-order valence-corrected chi connectivity index (χ1v) is 6.72. The van der Waals surface area contributed by atoms with Gasteiger partial charge in [0.2, 0.25) is 0 Å². The molecule has 0 radical (unpaired) electrons. The zero-order chi connectivity index (χ0) is 13.5. The molecule has 1 heterocycles. The van der Waals surface area contributed by atoms with Crippen molar-refractivity contribution in [3.05, 3.63) is 48.5 Å². The molecule has 0 saturated carbocycles. The van der Waals surface area contributed by atoms with Crippen LogP contribution in [0.15, 0.2) is 43.0 Å². The molecule has 1 aromatic carbocycles. The predicted octanol–water partition coefficient (Wildman–Crippen LogP) is 2.63. The molecule has 0 amide bonds. The maximum absolute atomic E-state index is 5.66. The standard InChI is InChI=1S/C15H21N3O/c1-3-19-15-7-5-4-6-14(15)13(2)17-9-11-18-10-8-16-12-18/h4-8,10,12-13,17H,3,9,11H2,1-2H3. The third-order valence-corrected chi connectivity index (χ3v) is 3.07. The highest BCUT2D eigenvalue weighted by molar-refractivity contribution is 5.35. The van der Waals surface area contributed by atoms with Crippen molar-refractivity contribution in [2.75, 3.05) is 13.2 Å². The van der Waals surface area contributed by atoms with E-state index in [9.17, 15) is 0 Å². The summed E-state index contributed by atoms with van der Waals surface area (Å²) in [5.41, 5.74) is 1.20. The molecule has 102 valence electrons. The molecule has 0 spiro atoms. The Balaban J connectivity index is 1.90. The van der Waals surface area contributed by atoms with E-state index in [1.807, 2.05) is 37.6 Å². The maximum atomic E-state index is 5.66. The van der Waals surface area contributed by atoms with Crippen molar-refractivity contribution in [2.45, 2.75) is 26.4 Å². The molecule has 0 bridgehead atoms. The highest BCUT2D eigenvalue weighted by Gasteiger charge is 2.10. The Bertz CT molecular complexity index is 482. The van der Waals surface area contributed by atoms with Gasteiger partial charge in [0.25, 0.3) is 0 Å². The second kappa shape index (κ2) is 6.95. The van der Waals surface area contributed by atoms with Gasteiger partial charge in [-0.1, -0.05) is 18.2 Å². The van der Waals surface area contributed by atoms with Crippen LogP contribution in [0.3, 0.4) is 0 Å².